The van der Waals surface area contributed by atoms with Crippen molar-refractivity contribution in [2.75, 3.05) is 33.0 Å². The van der Waals surface area contributed by atoms with Crippen LogP contribution in [0.25, 0.3) is 0 Å². The number of benzene rings is 1. The lowest BCUT2D eigenvalue weighted by molar-refractivity contribution is -0.136. The first-order valence-electron chi connectivity index (χ1n) is 5.88. The van der Waals surface area contributed by atoms with E-state index in [0.29, 0.717) is 26.4 Å². The van der Waals surface area contributed by atoms with Gasteiger partial charge in [-0.05, 0) is 24.1 Å². The number of hydrogen-bond acceptors (Lipinski definition) is 4. The Morgan fingerprint density at radius 1 is 1.12 bits per heavy atom. The fourth-order valence-corrected chi connectivity index (χ4v) is 2.27. The minimum absolute atomic E-state index is 0.0935. The lowest BCUT2D eigenvalue weighted by Gasteiger charge is -2.40. The molecule has 2 aliphatic heterocycles. The Hall–Kier alpha value is -1.26. The van der Waals surface area contributed by atoms with Gasteiger partial charge in [0, 0.05) is 5.41 Å². The summed E-state index contributed by atoms with van der Waals surface area (Å²) in [5, 5.41) is 9.40. The van der Waals surface area contributed by atoms with Crippen LogP contribution in [0.2, 0.25) is 0 Å². The minimum atomic E-state index is -0.0935. The SMILES string of the molecule is OCC1(Cc2ccc3c(c2)OCCO3)COC1. The molecular weight excluding hydrogens is 220 g/mol. The maximum Gasteiger partial charge on any atom is 0.161 e. The molecule has 1 aromatic rings. The first-order valence-corrected chi connectivity index (χ1v) is 5.88. The zero-order valence-electron chi connectivity index (χ0n) is 9.65. The van der Waals surface area contributed by atoms with Crippen molar-refractivity contribution in [3.63, 3.8) is 0 Å². The smallest absolute Gasteiger partial charge is 0.161 e. The molecule has 0 amide bonds. The van der Waals surface area contributed by atoms with Crippen LogP contribution in [-0.2, 0) is 11.2 Å². The molecule has 2 aliphatic rings. The van der Waals surface area contributed by atoms with Crippen LogP contribution in [0.5, 0.6) is 11.5 Å². The zero-order chi connectivity index (χ0) is 11.7. The van der Waals surface area contributed by atoms with Crippen molar-refractivity contribution in [2.45, 2.75) is 6.42 Å². The van der Waals surface area contributed by atoms with Crippen molar-refractivity contribution in [2.24, 2.45) is 5.41 Å². The third kappa shape index (κ3) is 1.98. The number of ether oxygens (including phenoxy) is 3. The molecule has 17 heavy (non-hydrogen) atoms. The fourth-order valence-electron chi connectivity index (χ4n) is 2.27. The van der Waals surface area contributed by atoms with Crippen molar-refractivity contribution >= 4 is 0 Å². The molecule has 0 bridgehead atoms. The Morgan fingerprint density at radius 2 is 1.88 bits per heavy atom. The largest absolute Gasteiger partial charge is 0.486 e. The second-order valence-electron chi connectivity index (χ2n) is 4.81. The van der Waals surface area contributed by atoms with E-state index in [1.165, 1.54) is 0 Å². The Balaban J connectivity index is 1.79. The lowest BCUT2D eigenvalue weighted by atomic mass is 9.80. The van der Waals surface area contributed by atoms with Gasteiger partial charge in [0.25, 0.3) is 0 Å². The van der Waals surface area contributed by atoms with Crippen molar-refractivity contribution in [1.82, 2.24) is 0 Å². The second kappa shape index (κ2) is 4.20. The first kappa shape index (κ1) is 10.9. The molecule has 92 valence electrons. The molecule has 1 saturated heterocycles. The highest BCUT2D eigenvalue weighted by Crippen LogP contribution is 2.35. The third-order valence-electron chi connectivity index (χ3n) is 3.34. The van der Waals surface area contributed by atoms with Crippen LogP contribution >= 0.6 is 0 Å². The van der Waals surface area contributed by atoms with Crippen LogP contribution in [0.1, 0.15) is 5.56 Å². The predicted molar refractivity (Wildman–Crippen MR) is 61.5 cm³/mol. The second-order valence-corrected chi connectivity index (χ2v) is 4.81. The Labute approximate surface area is 100 Å². The van der Waals surface area contributed by atoms with Gasteiger partial charge in [-0.25, -0.2) is 0 Å². The number of rotatable bonds is 3. The Kier molecular flexibility index (Phi) is 2.68. The fraction of sp³-hybridized carbons (Fsp3) is 0.538. The Morgan fingerprint density at radius 3 is 2.53 bits per heavy atom. The van der Waals surface area contributed by atoms with Gasteiger partial charge in [-0.15, -0.1) is 0 Å². The van der Waals surface area contributed by atoms with Gasteiger partial charge in [-0.1, -0.05) is 6.07 Å². The van der Waals surface area contributed by atoms with E-state index in [9.17, 15) is 5.11 Å². The highest BCUT2D eigenvalue weighted by Gasteiger charge is 2.38. The minimum Gasteiger partial charge on any atom is -0.486 e. The normalized spacial score (nSPS) is 20.8. The van der Waals surface area contributed by atoms with Gasteiger partial charge in [-0.3, -0.25) is 0 Å². The summed E-state index contributed by atoms with van der Waals surface area (Å²) in [7, 11) is 0. The summed E-state index contributed by atoms with van der Waals surface area (Å²) in [6.45, 7) is 2.66. The van der Waals surface area contributed by atoms with Crippen molar-refractivity contribution in [3.05, 3.63) is 23.8 Å². The van der Waals surface area contributed by atoms with Crippen LogP contribution in [-0.4, -0.2) is 38.1 Å². The molecule has 0 spiro atoms. The Bertz CT molecular complexity index is 406. The quantitative estimate of drug-likeness (QED) is 0.851. The van der Waals surface area contributed by atoms with Crippen LogP contribution in [0, 0.1) is 5.41 Å². The van der Waals surface area contributed by atoms with Gasteiger partial charge in [-0.2, -0.15) is 0 Å². The summed E-state index contributed by atoms with van der Waals surface area (Å²) in [6.07, 6.45) is 0.820. The van der Waals surface area contributed by atoms with Crippen LogP contribution in [0.3, 0.4) is 0 Å². The van der Waals surface area contributed by atoms with Crippen LogP contribution < -0.4 is 9.47 Å². The first-order chi connectivity index (χ1) is 8.31. The summed E-state index contributed by atoms with van der Waals surface area (Å²) in [5.74, 6) is 1.62. The van der Waals surface area contributed by atoms with Gasteiger partial charge in [0.15, 0.2) is 11.5 Å². The number of aliphatic hydroxyl groups is 1. The highest BCUT2D eigenvalue weighted by molar-refractivity contribution is 5.44. The summed E-state index contributed by atoms with van der Waals surface area (Å²) in [6, 6.07) is 5.97. The molecule has 0 unspecified atom stereocenters. The van der Waals surface area contributed by atoms with Crippen LogP contribution in [0.15, 0.2) is 18.2 Å². The van der Waals surface area contributed by atoms with Gasteiger partial charge >= 0.3 is 0 Å². The number of hydrogen-bond donors (Lipinski definition) is 1. The number of fused-ring (bicyclic) bond motifs is 1. The molecule has 2 heterocycles. The van der Waals surface area contributed by atoms with Gasteiger partial charge in [0.1, 0.15) is 13.2 Å². The summed E-state index contributed by atoms with van der Waals surface area (Å²) in [5.41, 5.74) is 1.07. The standard InChI is InChI=1S/C13H16O4/c14-7-13(8-15-9-13)6-10-1-2-11-12(5-10)17-4-3-16-11/h1-2,5,14H,3-4,6-9H2. The average Bonchev–Trinajstić information content (AvgIpc) is 2.34. The highest BCUT2D eigenvalue weighted by atomic mass is 16.6. The van der Waals surface area contributed by atoms with E-state index in [4.69, 9.17) is 14.2 Å². The molecule has 3 rings (SSSR count). The molecule has 4 nitrogen and oxygen atoms in total. The van der Waals surface area contributed by atoms with Gasteiger partial charge < -0.3 is 19.3 Å². The van der Waals surface area contributed by atoms with Gasteiger partial charge in [0.05, 0.1) is 19.8 Å². The van der Waals surface area contributed by atoms with Crippen molar-refractivity contribution in [3.8, 4) is 11.5 Å². The molecule has 1 N–H and O–H groups in total. The molecule has 0 aliphatic carbocycles. The van der Waals surface area contributed by atoms with E-state index in [2.05, 4.69) is 0 Å². The van der Waals surface area contributed by atoms with Crippen LogP contribution in [0.4, 0.5) is 0 Å². The predicted octanol–water partition coefficient (Wildman–Crippen LogP) is 1.01. The van der Waals surface area contributed by atoms with E-state index < -0.39 is 0 Å². The van der Waals surface area contributed by atoms with E-state index in [-0.39, 0.29) is 12.0 Å². The molecule has 4 heteroatoms. The summed E-state index contributed by atoms with van der Waals surface area (Å²) in [4.78, 5) is 0. The van der Waals surface area contributed by atoms with E-state index in [0.717, 1.165) is 23.5 Å². The number of aliphatic hydroxyl groups excluding tert-OH is 1. The molecule has 1 fully saturated rings. The van der Waals surface area contributed by atoms with E-state index >= 15 is 0 Å². The average molecular weight is 236 g/mol. The lowest BCUT2D eigenvalue weighted by Crippen LogP contribution is -2.47. The summed E-state index contributed by atoms with van der Waals surface area (Å²) < 4.78 is 16.2. The maximum absolute atomic E-state index is 9.40. The maximum atomic E-state index is 9.40. The van der Waals surface area contributed by atoms with Crippen molar-refractivity contribution < 1.29 is 19.3 Å². The molecule has 0 aromatic heterocycles. The topological polar surface area (TPSA) is 47.9 Å². The molecular formula is C13H16O4. The molecule has 0 atom stereocenters. The monoisotopic (exact) mass is 236 g/mol. The van der Waals surface area contributed by atoms with E-state index in [1.54, 1.807) is 0 Å². The third-order valence-corrected chi connectivity index (χ3v) is 3.34. The van der Waals surface area contributed by atoms with Crippen molar-refractivity contribution in [1.29, 1.82) is 0 Å². The molecule has 0 saturated carbocycles. The zero-order valence-corrected chi connectivity index (χ0v) is 9.65. The van der Waals surface area contributed by atoms with E-state index in [1.807, 2.05) is 18.2 Å². The molecule has 0 radical (unpaired) electrons. The molecule has 1 aromatic carbocycles. The van der Waals surface area contributed by atoms with Gasteiger partial charge in [0.2, 0.25) is 0 Å². The summed E-state index contributed by atoms with van der Waals surface area (Å²) >= 11 is 0.